The van der Waals surface area contributed by atoms with Gasteiger partial charge in [0.15, 0.2) is 0 Å². The van der Waals surface area contributed by atoms with Crippen LogP contribution in [0.3, 0.4) is 0 Å². The van der Waals surface area contributed by atoms with Crippen molar-refractivity contribution in [3.63, 3.8) is 0 Å². The van der Waals surface area contributed by atoms with E-state index in [1.165, 1.54) is 6.20 Å². The number of nitrogens with two attached hydrogens (primary N) is 1. The molecule has 1 aliphatic rings. The van der Waals surface area contributed by atoms with Crippen molar-refractivity contribution >= 4 is 17.5 Å². The Morgan fingerprint density at radius 3 is 2.44 bits per heavy atom. The number of rotatable bonds is 10. The molecule has 0 bridgehead atoms. The minimum atomic E-state index is -0.461. The maximum absolute atomic E-state index is 11.5. The average Bonchev–Trinajstić information content (AvgIpc) is 2.91. The molecular weight excluding hydrogens is 456 g/mol. The molecular formula is C27H34N6O3. The first kappa shape index (κ1) is 25.5. The summed E-state index contributed by atoms with van der Waals surface area (Å²) < 4.78 is 0. The molecule has 1 fully saturated rings. The van der Waals surface area contributed by atoms with Crippen molar-refractivity contribution in [1.29, 1.82) is 0 Å². The molecule has 1 heterocycles. The maximum Gasteiger partial charge on any atom is 0.329 e. The highest BCUT2D eigenvalue weighted by Crippen LogP contribution is 2.31. The van der Waals surface area contributed by atoms with Crippen LogP contribution in [0.5, 0.6) is 0 Å². The smallest absolute Gasteiger partial charge is 0.329 e. The van der Waals surface area contributed by atoms with Crippen molar-refractivity contribution in [2.45, 2.75) is 45.7 Å². The second kappa shape index (κ2) is 11.9. The van der Waals surface area contributed by atoms with Crippen LogP contribution in [0.15, 0.2) is 48.7 Å². The average molecular weight is 491 g/mol. The van der Waals surface area contributed by atoms with Crippen molar-refractivity contribution in [3.05, 3.63) is 75.5 Å². The first-order valence-electron chi connectivity index (χ1n) is 12.5. The van der Waals surface area contributed by atoms with Crippen LogP contribution in [0.4, 0.5) is 17.5 Å². The van der Waals surface area contributed by atoms with Gasteiger partial charge in [0.1, 0.15) is 6.20 Å². The monoisotopic (exact) mass is 490 g/mol. The van der Waals surface area contributed by atoms with Crippen LogP contribution in [0.25, 0.3) is 11.1 Å². The van der Waals surface area contributed by atoms with E-state index in [4.69, 9.17) is 5.73 Å². The summed E-state index contributed by atoms with van der Waals surface area (Å²) in [6, 6.07) is 14.3. The Kier molecular flexibility index (Phi) is 8.45. The molecule has 36 heavy (non-hydrogen) atoms. The van der Waals surface area contributed by atoms with E-state index in [1.54, 1.807) is 0 Å². The van der Waals surface area contributed by atoms with Crippen LogP contribution in [0.2, 0.25) is 0 Å². The number of hydrogen-bond acceptors (Lipinski definition) is 8. The fourth-order valence-electron chi connectivity index (χ4n) is 4.89. The number of aliphatic hydroxyl groups is 1. The van der Waals surface area contributed by atoms with E-state index in [-0.39, 0.29) is 18.1 Å². The first-order valence-corrected chi connectivity index (χ1v) is 12.5. The van der Waals surface area contributed by atoms with Gasteiger partial charge in [0.2, 0.25) is 11.8 Å². The molecule has 0 aliphatic heterocycles. The summed E-state index contributed by atoms with van der Waals surface area (Å²) in [7, 11) is 0. The quantitative estimate of drug-likeness (QED) is 0.238. The highest BCUT2D eigenvalue weighted by molar-refractivity contribution is 5.71. The number of nitro groups is 1. The van der Waals surface area contributed by atoms with E-state index in [2.05, 4.69) is 39.7 Å². The minimum absolute atomic E-state index is 0.138. The second-order valence-electron chi connectivity index (χ2n) is 9.44. The molecule has 0 unspecified atom stereocenters. The molecule has 0 amide bonds. The largest absolute Gasteiger partial charge is 0.396 e. The Hall–Kier alpha value is -3.56. The van der Waals surface area contributed by atoms with Crippen molar-refractivity contribution in [2.75, 3.05) is 23.8 Å². The lowest BCUT2D eigenvalue weighted by Crippen LogP contribution is -2.23. The fourth-order valence-corrected chi connectivity index (χ4v) is 4.89. The summed E-state index contributed by atoms with van der Waals surface area (Å²) >= 11 is 0. The van der Waals surface area contributed by atoms with Crippen molar-refractivity contribution in [2.24, 2.45) is 17.6 Å². The second-order valence-corrected chi connectivity index (χ2v) is 9.44. The summed E-state index contributed by atoms with van der Waals surface area (Å²) in [6.07, 6.45) is 5.20. The molecule has 0 saturated heterocycles. The molecule has 9 nitrogen and oxygen atoms in total. The third kappa shape index (κ3) is 5.98. The Balaban J connectivity index is 1.47. The van der Waals surface area contributed by atoms with Crippen molar-refractivity contribution < 1.29 is 10.0 Å². The number of aromatic nitrogens is 2. The Morgan fingerprint density at radius 1 is 1.03 bits per heavy atom. The normalized spacial score (nSPS) is 17.5. The van der Waals surface area contributed by atoms with Crippen LogP contribution < -0.4 is 16.4 Å². The van der Waals surface area contributed by atoms with E-state index in [0.717, 1.165) is 53.5 Å². The summed E-state index contributed by atoms with van der Waals surface area (Å²) in [6.45, 7) is 3.86. The van der Waals surface area contributed by atoms with Gasteiger partial charge in [-0.2, -0.15) is 4.98 Å². The van der Waals surface area contributed by atoms with Gasteiger partial charge in [-0.1, -0.05) is 42.5 Å². The predicted molar refractivity (Wildman–Crippen MR) is 142 cm³/mol. The standard InChI is InChI=1S/C27H34N6O3/c1-18-22(6-4-8-23(18)24-7-3-2-5-21(24)13-28)15-30-27-31-16-25(33(35)36)26(32-27)29-14-19-9-11-20(17-34)12-10-19/h2-8,16,19-20,34H,9-15,17,28H2,1H3,(H2,29,30,31,32)/t19-,20-. The van der Waals surface area contributed by atoms with E-state index < -0.39 is 4.92 Å². The van der Waals surface area contributed by atoms with Gasteiger partial charge in [0.05, 0.1) is 4.92 Å². The Bertz CT molecular complexity index is 1190. The number of nitrogens with zero attached hydrogens (tertiary/aromatic N) is 3. The molecule has 4 rings (SSSR count). The third-order valence-electron chi connectivity index (χ3n) is 7.16. The zero-order valence-electron chi connectivity index (χ0n) is 20.6. The van der Waals surface area contributed by atoms with Gasteiger partial charge in [-0.05, 0) is 72.3 Å². The van der Waals surface area contributed by atoms with Crippen LogP contribution >= 0.6 is 0 Å². The first-order chi connectivity index (χ1) is 17.5. The summed E-state index contributed by atoms with van der Waals surface area (Å²) in [4.78, 5) is 19.7. The molecule has 9 heteroatoms. The van der Waals surface area contributed by atoms with Crippen LogP contribution in [-0.2, 0) is 13.1 Å². The number of anilines is 2. The van der Waals surface area contributed by atoms with Gasteiger partial charge >= 0.3 is 5.69 Å². The summed E-state index contributed by atoms with van der Waals surface area (Å²) in [5.74, 6) is 1.33. The molecule has 5 N–H and O–H groups in total. The maximum atomic E-state index is 11.5. The molecule has 190 valence electrons. The lowest BCUT2D eigenvalue weighted by atomic mass is 9.82. The van der Waals surface area contributed by atoms with Crippen LogP contribution in [0.1, 0.15) is 42.4 Å². The summed E-state index contributed by atoms with van der Waals surface area (Å²) in [5, 5.41) is 27.3. The highest BCUT2D eigenvalue weighted by atomic mass is 16.6. The Morgan fingerprint density at radius 2 is 1.72 bits per heavy atom. The number of nitrogens with one attached hydrogen (secondary N) is 2. The summed E-state index contributed by atoms with van der Waals surface area (Å²) in [5.41, 5.74) is 11.3. The molecule has 2 aromatic carbocycles. The van der Waals surface area contributed by atoms with Gasteiger partial charge < -0.3 is 21.5 Å². The fraction of sp³-hybridized carbons (Fsp3) is 0.407. The third-order valence-corrected chi connectivity index (χ3v) is 7.16. The lowest BCUT2D eigenvalue weighted by Gasteiger charge is -2.27. The number of aliphatic hydroxyl groups excluding tert-OH is 1. The van der Waals surface area contributed by atoms with Crippen LogP contribution in [0, 0.1) is 28.9 Å². The molecule has 0 radical (unpaired) electrons. The van der Waals surface area contributed by atoms with Gasteiger partial charge in [0.25, 0.3) is 0 Å². The molecule has 1 saturated carbocycles. The SMILES string of the molecule is Cc1c(CNc2ncc([N+](=O)[O-])c(NC[C@H]3CC[C@H](CO)CC3)n2)cccc1-c1ccccc1CN. The van der Waals surface area contributed by atoms with Crippen molar-refractivity contribution in [1.82, 2.24) is 9.97 Å². The number of benzene rings is 2. The van der Waals surface area contributed by atoms with Gasteiger partial charge in [0, 0.05) is 26.2 Å². The van der Waals surface area contributed by atoms with Crippen LogP contribution in [-0.4, -0.2) is 33.1 Å². The van der Waals surface area contributed by atoms with Crippen molar-refractivity contribution in [3.8, 4) is 11.1 Å². The van der Waals surface area contributed by atoms with Gasteiger partial charge in [-0.25, -0.2) is 4.98 Å². The van der Waals surface area contributed by atoms with E-state index in [9.17, 15) is 15.2 Å². The zero-order valence-corrected chi connectivity index (χ0v) is 20.6. The highest BCUT2D eigenvalue weighted by Gasteiger charge is 2.23. The number of hydrogen-bond donors (Lipinski definition) is 4. The van der Waals surface area contributed by atoms with E-state index in [1.807, 2.05) is 30.3 Å². The molecule has 0 spiro atoms. The lowest BCUT2D eigenvalue weighted by molar-refractivity contribution is -0.384. The van der Waals surface area contributed by atoms with Gasteiger partial charge in [-0.15, -0.1) is 0 Å². The molecule has 0 atom stereocenters. The topological polar surface area (TPSA) is 139 Å². The molecule has 1 aliphatic carbocycles. The predicted octanol–water partition coefficient (Wildman–Crippen LogP) is 4.64. The zero-order chi connectivity index (χ0) is 25.5. The van der Waals surface area contributed by atoms with Gasteiger partial charge in [-0.3, -0.25) is 10.1 Å². The minimum Gasteiger partial charge on any atom is -0.396 e. The van der Waals surface area contributed by atoms with E-state index >= 15 is 0 Å². The molecule has 1 aromatic heterocycles. The molecule has 3 aromatic rings. The Labute approximate surface area is 211 Å². The van der Waals surface area contributed by atoms with E-state index in [0.29, 0.717) is 37.4 Å².